The Hall–Kier alpha value is -2.85. The zero-order chi connectivity index (χ0) is 31.4. The Labute approximate surface area is 257 Å². The van der Waals surface area contributed by atoms with Gasteiger partial charge in [-0.15, -0.1) is 0 Å². The summed E-state index contributed by atoms with van der Waals surface area (Å²) in [6.07, 6.45) is 13.6. The molecule has 3 aliphatic rings. The van der Waals surface area contributed by atoms with Crippen molar-refractivity contribution in [1.29, 1.82) is 0 Å². The molecule has 0 heterocycles. The van der Waals surface area contributed by atoms with Crippen LogP contribution in [0.3, 0.4) is 0 Å². The molecule has 4 N–H and O–H groups in total. The van der Waals surface area contributed by atoms with E-state index in [2.05, 4.69) is 22.9 Å². The third-order valence-electron chi connectivity index (χ3n) is 10.0. The van der Waals surface area contributed by atoms with Crippen LogP contribution in [0, 0.1) is 11.8 Å². The summed E-state index contributed by atoms with van der Waals surface area (Å²) in [5, 5.41) is 18.7. The second kappa shape index (κ2) is 17.4. The number of nitrogens with zero attached hydrogens (tertiary/aromatic N) is 2. The Morgan fingerprint density at radius 3 is 2.12 bits per heavy atom. The van der Waals surface area contributed by atoms with Crippen LogP contribution in [0.4, 0.5) is 4.79 Å². The molecule has 11 nitrogen and oxygen atoms in total. The van der Waals surface area contributed by atoms with Gasteiger partial charge in [0.1, 0.15) is 0 Å². The molecule has 0 radical (unpaired) electrons. The first-order valence-electron chi connectivity index (χ1n) is 16.6. The maximum absolute atomic E-state index is 13.0. The molecular formula is C32H55N5O6. The van der Waals surface area contributed by atoms with Crippen molar-refractivity contribution < 1.29 is 29.1 Å². The summed E-state index contributed by atoms with van der Waals surface area (Å²) in [6, 6.07) is 0.00609. The van der Waals surface area contributed by atoms with Gasteiger partial charge in [-0.2, -0.15) is 0 Å². The molecule has 3 atom stereocenters. The van der Waals surface area contributed by atoms with Crippen molar-refractivity contribution in [2.75, 3.05) is 13.6 Å². The van der Waals surface area contributed by atoms with Gasteiger partial charge in [-0.25, -0.2) is 4.79 Å². The number of nitrogens with one attached hydrogen (secondary N) is 3. The standard InChI is InChI=1S/C32H55N5O6/c1-4-7-27(19-31(41)42)37(21-38)20-30(40)36(3)26-16-14-24(15-17-26)33-29(39)18-23-10-12-25(13-11-23)34-32(43)35-28-9-6-5-8-22(28)2/h21-28H,4-20H2,1-3H3,(H,33,39)(H,41,42)(H2,34,35,43). The summed E-state index contributed by atoms with van der Waals surface area (Å²) in [4.78, 5) is 64.2. The maximum Gasteiger partial charge on any atom is 0.315 e. The van der Waals surface area contributed by atoms with Crippen LogP contribution in [0.1, 0.15) is 117 Å². The lowest BCUT2D eigenvalue weighted by Gasteiger charge is -2.36. The highest BCUT2D eigenvalue weighted by Crippen LogP contribution is 2.28. The number of likely N-dealkylation sites (N-methyl/N-ethyl adjacent to an activating group) is 1. The molecule has 11 heteroatoms. The zero-order valence-corrected chi connectivity index (χ0v) is 26.5. The highest BCUT2D eigenvalue weighted by atomic mass is 16.4. The molecule has 0 aromatic rings. The average molecular weight is 606 g/mol. The zero-order valence-electron chi connectivity index (χ0n) is 26.5. The molecule has 0 bridgehead atoms. The fraction of sp³-hybridized carbons (Fsp3) is 0.844. The van der Waals surface area contributed by atoms with Gasteiger partial charge in [-0.3, -0.25) is 19.2 Å². The van der Waals surface area contributed by atoms with Crippen LogP contribution in [0.15, 0.2) is 0 Å². The Bertz CT molecular complexity index is 931. The summed E-state index contributed by atoms with van der Waals surface area (Å²) < 4.78 is 0. The fourth-order valence-corrected chi connectivity index (χ4v) is 7.24. The van der Waals surface area contributed by atoms with E-state index < -0.39 is 12.0 Å². The molecule has 43 heavy (non-hydrogen) atoms. The maximum atomic E-state index is 13.0. The van der Waals surface area contributed by atoms with Crippen molar-refractivity contribution in [3.8, 4) is 0 Å². The summed E-state index contributed by atoms with van der Waals surface area (Å²) in [5.74, 6) is -0.243. The SMILES string of the molecule is CCCC(CC(=O)O)N(C=O)CC(=O)N(C)C1CCC(NC(=O)CC2CCC(NC(=O)NC3CCCCC3C)CC2)CC1. The largest absolute Gasteiger partial charge is 0.481 e. The van der Waals surface area contributed by atoms with Gasteiger partial charge in [-0.1, -0.05) is 33.1 Å². The number of urea groups is 1. The van der Waals surface area contributed by atoms with E-state index in [-0.39, 0.29) is 55.0 Å². The third-order valence-corrected chi connectivity index (χ3v) is 10.0. The quantitative estimate of drug-likeness (QED) is 0.222. The van der Waals surface area contributed by atoms with Crippen LogP contribution in [-0.4, -0.2) is 88.9 Å². The van der Waals surface area contributed by atoms with Crippen LogP contribution in [-0.2, 0) is 19.2 Å². The number of amides is 5. The number of carbonyl (C=O) groups excluding carboxylic acids is 4. The number of hydrogen-bond acceptors (Lipinski definition) is 5. The van der Waals surface area contributed by atoms with Crippen molar-refractivity contribution in [3.63, 3.8) is 0 Å². The van der Waals surface area contributed by atoms with E-state index in [4.69, 9.17) is 0 Å². The van der Waals surface area contributed by atoms with Crippen LogP contribution in [0.2, 0.25) is 0 Å². The van der Waals surface area contributed by atoms with E-state index in [1.807, 2.05) is 6.92 Å². The van der Waals surface area contributed by atoms with Gasteiger partial charge in [0.2, 0.25) is 18.2 Å². The minimum atomic E-state index is -0.986. The molecule has 244 valence electrons. The molecule has 0 aliphatic heterocycles. The Balaban J connectivity index is 1.33. The molecule has 3 aliphatic carbocycles. The third kappa shape index (κ3) is 11.3. The molecular weight excluding hydrogens is 550 g/mol. The summed E-state index contributed by atoms with van der Waals surface area (Å²) in [5.41, 5.74) is 0. The molecule has 0 spiro atoms. The number of hydrogen-bond donors (Lipinski definition) is 4. The van der Waals surface area contributed by atoms with E-state index in [1.54, 1.807) is 11.9 Å². The number of carbonyl (C=O) groups is 5. The first-order chi connectivity index (χ1) is 20.6. The molecule has 3 fully saturated rings. The molecule has 3 saturated carbocycles. The van der Waals surface area contributed by atoms with E-state index >= 15 is 0 Å². The highest BCUT2D eigenvalue weighted by molar-refractivity contribution is 5.80. The van der Waals surface area contributed by atoms with Crippen LogP contribution in [0.5, 0.6) is 0 Å². The van der Waals surface area contributed by atoms with Gasteiger partial charge in [-0.05, 0) is 82.5 Å². The van der Waals surface area contributed by atoms with Crippen molar-refractivity contribution in [2.45, 2.75) is 147 Å². The van der Waals surface area contributed by atoms with Crippen molar-refractivity contribution in [2.24, 2.45) is 11.8 Å². The van der Waals surface area contributed by atoms with Crippen molar-refractivity contribution in [1.82, 2.24) is 25.8 Å². The molecule has 3 unspecified atom stereocenters. The number of aliphatic carboxylic acids is 1. The normalized spacial score (nSPS) is 28.2. The van der Waals surface area contributed by atoms with Crippen LogP contribution in [0.25, 0.3) is 0 Å². The number of carboxylic acids is 1. The van der Waals surface area contributed by atoms with Crippen molar-refractivity contribution >= 4 is 30.2 Å². The van der Waals surface area contributed by atoms with E-state index in [0.29, 0.717) is 31.1 Å². The van der Waals surface area contributed by atoms with E-state index in [9.17, 15) is 29.1 Å². The molecule has 0 aromatic carbocycles. The fourth-order valence-electron chi connectivity index (χ4n) is 7.24. The lowest BCUT2D eigenvalue weighted by Crippen LogP contribution is -2.50. The number of rotatable bonds is 14. The predicted molar refractivity (Wildman–Crippen MR) is 164 cm³/mol. The number of carboxylic acid groups (broad SMARTS) is 1. The lowest BCUT2D eigenvalue weighted by atomic mass is 9.83. The van der Waals surface area contributed by atoms with Crippen molar-refractivity contribution in [3.05, 3.63) is 0 Å². The first-order valence-corrected chi connectivity index (χ1v) is 16.6. The molecule has 3 rings (SSSR count). The van der Waals surface area contributed by atoms with E-state index in [1.165, 1.54) is 24.2 Å². The van der Waals surface area contributed by atoms with Gasteiger partial charge < -0.3 is 30.9 Å². The first kappa shape index (κ1) is 34.6. The van der Waals surface area contributed by atoms with Crippen LogP contribution < -0.4 is 16.0 Å². The van der Waals surface area contributed by atoms with Gasteiger partial charge >= 0.3 is 12.0 Å². The smallest absolute Gasteiger partial charge is 0.315 e. The molecule has 5 amide bonds. The minimum absolute atomic E-state index is 0.0274. The lowest BCUT2D eigenvalue weighted by molar-refractivity contribution is -0.142. The van der Waals surface area contributed by atoms with Gasteiger partial charge in [0.15, 0.2) is 0 Å². The van der Waals surface area contributed by atoms with E-state index in [0.717, 1.165) is 64.2 Å². The summed E-state index contributed by atoms with van der Waals surface area (Å²) >= 11 is 0. The summed E-state index contributed by atoms with van der Waals surface area (Å²) in [6.45, 7) is 4.01. The average Bonchev–Trinajstić information content (AvgIpc) is 2.97. The Kier molecular flexibility index (Phi) is 14.1. The minimum Gasteiger partial charge on any atom is -0.481 e. The Morgan fingerprint density at radius 2 is 1.51 bits per heavy atom. The van der Waals surface area contributed by atoms with Gasteiger partial charge in [0.05, 0.1) is 13.0 Å². The van der Waals surface area contributed by atoms with Crippen LogP contribution >= 0.6 is 0 Å². The van der Waals surface area contributed by atoms with Gasteiger partial charge in [0.25, 0.3) is 0 Å². The monoisotopic (exact) mass is 605 g/mol. The topological polar surface area (TPSA) is 148 Å². The molecule has 0 aromatic heterocycles. The summed E-state index contributed by atoms with van der Waals surface area (Å²) in [7, 11) is 1.74. The second-order valence-electron chi connectivity index (χ2n) is 13.3. The second-order valence-corrected chi connectivity index (χ2v) is 13.3. The Morgan fingerprint density at radius 1 is 0.884 bits per heavy atom. The molecule has 0 saturated heterocycles. The van der Waals surface area contributed by atoms with Gasteiger partial charge in [0, 0.05) is 43.7 Å². The highest BCUT2D eigenvalue weighted by Gasteiger charge is 2.31. The predicted octanol–water partition coefficient (Wildman–Crippen LogP) is 3.80.